The van der Waals surface area contributed by atoms with E-state index < -0.39 is 40.0 Å². The number of piperidine rings is 1. The van der Waals surface area contributed by atoms with E-state index in [1.165, 1.54) is 0 Å². The fourth-order valence-corrected chi connectivity index (χ4v) is 5.54. The lowest BCUT2D eigenvalue weighted by Gasteiger charge is -2.32. The highest BCUT2D eigenvalue weighted by Gasteiger charge is 2.41. The Labute approximate surface area is 214 Å². The smallest absolute Gasteiger partial charge is 0.444 e. The molecule has 1 fully saturated rings. The SMILES string of the molecule is CC(C)(C)OC(=O)N1CCC(c2nc(-c3cc(Br)c(C(F)(F)F)c(OC(F)(F)F)c3)c(Cl)s2)CC1. The zero-order valence-electron chi connectivity index (χ0n) is 18.6. The lowest BCUT2D eigenvalue weighted by atomic mass is 9.98. The number of alkyl halides is 6. The molecular weight excluding hydrogens is 590 g/mol. The van der Waals surface area contributed by atoms with Gasteiger partial charge in [-0.05, 0) is 45.7 Å². The number of rotatable bonds is 3. The zero-order valence-corrected chi connectivity index (χ0v) is 21.8. The second-order valence-electron chi connectivity index (χ2n) is 8.79. The van der Waals surface area contributed by atoms with E-state index in [2.05, 4.69) is 25.7 Å². The predicted molar refractivity (Wildman–Crippen MR) is 122 cm³/mol. The molecule has 5 nitrogen and oxygen atoms in total. The van der Waals surface area contributed by atoms with Crippen LogP contribution in [0.15, 0.2) is 16.6 Å². The maximum atomic E-state index is 13.4. The maximum Gasteiger partial charge on any atom is 0.573 e. The van der Waals surface area contributed by atoms with Gasteiger partial charge in [-0.15, -0.1) is 24.5 Å². The van der Waals surface area contributed by atoms with Crippen LogP contribution in [-0.2, 0) is 10.9 Å². The minimum absolute atomic E-state index is 0.0442. The molecule has 0 bridgehead atoms. The van der Waals surface area contributed by atoms with Crippen molar-refractivity contribution in [2.45, 2.75) is 57.7 Å². The number of likely N-dealkylation sites (tertiary alicyclic amines) is 1. The normalized spacial score (nSPS) is 15.9. The number of carbonyl (C=O) groups excluding carboxylic acids is 1. The average molecular weight is 610 g/mol. The summed E-state index contributed by atoms with van der Waals surface area (Å²) in [6, 6.07) is 1.62. The second-order valence-corrected chi connectivity index (χ2v) is 11.3. The number of aromatic nitrogens is 1. The van der Waals surface area contributed by atoms with Crippen LogP contribution in [0.4, 0.5) is 31.1 Å². The summed E-state index contributed by atoms with van der Waals surface area (Å²) in [4.78, 5) is 18.2. The summed E-state index contributed by atoms with van der Waals surface area (Å²) >= 11 is 10.1. The van der Waals surface area contributed by atoms with Crippen molar-refractivity contribution in [3.63, 3.8) is 0 Å². The molecule has 1 aromatic carbocycles. The molecule has 35 heavy (non-hydrogen) atoms. The van der Waals surface area contributed by atoms with Crippen molar-refractivity contribution in [2.75, 3.05) is 13.1 Å². The molecule has 1 aliphatic heterocycles. The van der Waals surface area contributed by atoms with Gasteiger partial charge in [0, 0.05) is 29.0 Å². The molecule has 3 rings (SSSR count). The summed E-state index contributed by atoms with van der Waals surface area (Å²) in [5, 5.41) is 0.572. The van der Waals surface area contributed by atoms with E-state index in [9.17, 15) is 31.1 Å². The molecule has 0 spiro atoms. The number of hydrogen-bond donors (Lipinski definition) is 0. The van der Waals surface area contributed by atoms with Gasteiger partial charge in [0.15, 0.2) is 0 Å². The number of carbonyl (C=O) groups is 1. The maximum absolute atomic E-state index is 13.4. The van der Waals surface area contributed by atoms with Crippen LogP contribution in [0.1, 0.15) is 50.1 Å². The van der Waals surface area contributed by atoms with Crippen molar-refractivity contribution in [2.24, 2.45) is 0 Å². The Morgan fingerprint density at radius 1 is 1.14 bits per heavy atom. The number of nitrogens with zero attached hydrogens (tertiary/aromatic N) is 2. The fourth-order valence-electron chi connectivity index (χ4n) is 3.50. The van der Waals surface area contributed by atoms with Crippen LogP contribution >= 0.6 is 38.9 Å². The lowest BCUT2D eigenvalue weighted by molar-refractivity contribution is -0.276. The van der Waals surface area contributed by atoms with E-state index in [1.807, 2.05) is 0 Å². The van der Waals surface area contributed by atoms with Crippen LogP contribution in [0.3, 0.4) is 0 Å². The number of benzene rings is 1. The highest BCUT2D eigenvalue weighted by molar-refractivity contribution is 9.10. The van der Waals surface area contributed by atoms with Crippen LogP contribution in [0.5, 0.6) is 5.75 Å². The van der Waals surface area contributed by atoms with Crippen molar-refractivity contribution in [3.8, 4) is 17.0 Å². The van der Waals surface area contributed by atoms with E-state index in [-0.39, 0.29) is 21.5 Å². The van der Waals surface area contributed by atoms with Gasteiger partial charge in [0.25, 0.3) is 0 Å². The third kappa shape index (κ3) is 7.16. The molecule has 0 N–H and O–H groups in total. The molecule has 1 saturated heterocycles. The fraction of sp³-hybridized carbons (Fsp3) is 0.524. The lowest BCUT2D eigenvalue weighted by Crippen LogP contribution is -2.41. The summed E-state index contributed by atoms with van der Waals surface area (Å²) in [5.74, 6) is -1.50. The van der Waals surface area contributed by atoms with E-state index in [0.717, 1.165) is 17.4 Å². The first-order chi connectivity index (χ1) is 15.9. The summed E-state index contributed by atoms with van der Waals surface area (Å²) in [6.45, 7) is 6.10. The molecule has 0 aliphatic carbocycles. The summed E-state index contributed by atoms with van der Waals surface area (Å²) in [5.41, 5.74) is -2.25. The van der Waals surface area contributed by atoms with Crippen molar-refractivity contribution < 1.29 is 40.6 Å². The Kier molecular flexibility index (Phi) is 7.93. The van der Waals surface area contributed by atoms with Gasteiger partial charge in [-0.25, -0.2) is 9.78 Å². The Balaban J connectivity index is 1.85. The number of amides is 1. The van der Waals surface area contributed by atoms with Crippen LogP contribution < -0.4 is 4.74 Å². The van der Waals surface area contributed by atoms with Crippen LogP contribution in [0.2, 0.25) is 4.34 Å². The molecule has 0 unspecified atom stereocenters. The Morgan fingerprint density at radius 3 is 2.26 bits per heavy atom. The zero-order chi connectivity index (χ0) is 26.3. The topological polar surface area (TPSA) is 51.7 Å². The average Bonchev–Trinajstić information content (AvgIpc) is 3.05. The minimum Gasteiger partial charge on any atom is -0.444 e. The van der Waals surface area contributed by atoms with Crippen LogP contribution in [-0.4, -0.2) is 41.0 Å². The molecule has 1 aromatic heterocycles. The molecule has 2 aromatic rings. The van der Waals surface area contributed by atoms with Crippen molar-refractivity contribution >= 4 is 45.0 Å². The highest BCUT2D eigenvalue weighted by Crippen LogP contribution is 2.47. The van der Waals surface area contributed by atoms with Gasteiger partial charge in [0.2, 0.25) is 0 Å². The predicted octanol–water partition coefficient (Wildman–Crippen LogP) is 8.26. The molecule has 0 saturated carbocycles. The molecule has 2 heterocycles. The molecule has 194 valence electrons. The highest BCUT2D eigenvalue weighted by atomic mass is 79.9. The first-order valence-electron chi connectivity index (χ1n) is 10.3. The van der Waals surface area contributed by atoms with Gasteiger partial charge >= 0.3 is 18.6 Å². The largest absolute Gasteiger partial charge is 0.573 e. The number of thiazole rings is 1. The third-order valence-corrected chi connectivity index (χ3v) is 6.98. The molecule has 14 heteroatoms. The first kappa shape index (κ1) is 27.9. The van der Waals surface area contributed by atoms with Gasteiger partial charge < -0.3 is 14.4 Å². The van der Waals surface area contributed by atoms with E-state index >= 15 is 0 Å². The van der Waals surface area contributed by atoms with Gasteiger partial charge in [-0.2, -0.15) is 13.2 Å². The third-order valence-electron chi connectivity index (χ3n) is 4.93. The summed E-state index contributed by atoms with van der Waals surface area (Å²) in [6.07, 6.45) is -9.78. The van der Waals surface area contributed by atoms with Gasteiger partial charge in [-0.3, -0.25) is 0 Å². The molecular formula is C21H20BrClF6N2O3S. The Bertz CT molecular complexity index is 1090. The van der Waals surface area contributed by atoms with E-state index in [0.29, 0.717) is 37.0 Å². The number of halogens is 8. The van der Waals surface area contributed by atoms with Crippen LogP contribution in [0, 0.1) is 0 Å². The number of ether oxygens (including phenoxy) is 2. The first-order valence-corrected chi connectivity index (χ1v) is 12.2. The minimum atomic E-state index is -5.34. The molecule has 0 atom stereocenters. The standard InChI is InChI=1S/C21H20BrClF6N2O3S/c1-19(2,3)34-18(32)31-6-4-10(5-7-31)17-30-15(16(23)35-17)11-8-12(22)14(20(24,25)26)13(9-11)33-21(27,28)29/h8-10H,4-7H2,1-3H3. The Hall–Kier alpha value is -1.73. The second kappa shape index (κ2) is 9.97. The molecule has 1 amide bonds. The number of hydrogen-bond acceptors (Lipinski definition) is 5. The van der Waals surface area contributed by atoms with Gasteiger partial charge in [0.05, 0.1) is 5.01 Å². The monoisotopic (exact) mass is 608 g/mol. The van der Waals surface area contributed by atoms with Gasteiger partial charge in [-0.1, -0.05) is 27.5 Å². The van der Waals surface area contributed by atoms with Crippen molar-refractivity contribution in [3.05, 3.63) is 31.5 Å². The summed E-state index contributed by atoms with van der Waals surface area (Å²) < 4.78 is 87.0. The van der Waals surface area contributed by atoms with E-state index in [1.54, 1.807) is 25.7 Å². The van der Waals surface area contributed by atoms with Crippen molar-refractivity contribution in [1.82, 2.24) is 9.88 Å². The molecule has 1 aliphatic rings. The van der Waals surface area contributed by atoms with E-state index in [4.69, 9.17) is 16.3 Å². The van der Waals surface area contributed by atoms with Crippen molar-refractivity contribution in [1.29, 1.82) is 0 Å². The van der Waals surface area contributed by atoms with Gasteiger partial charge in [0.1, 0.15) is 26.9 Å². The Morgan fingerprint density at radius 2 is 1.74 bits per heavy atom. The van der Waals surface area contributed by atoms with Crippen LogP contribution in [0.25, 0.3) is 11.3 Å². The summed E-state index contributed by atoms with van der Waals surface area (Å²) in [7, 11) is 0. The quantitative estimate of drug-likeness (QED) is 0.329. The molecule has 0 radical (unpaired) electrons.